The van der Waals surface area contributed by atoms with Gasteiger partial charge in [-0.05, 0) is 79.7 Å². The van der Waals surface area contributed by atoms with Gasteiger partial charge in [0.25, 0.3) is 0 Å². The largest absolute Gasteiger partial charge is 0.508 e. The number of ether oxygens (including phenoxy) is 2. The molecule has 6 unspecified atom stereocenters. The third-order valence-electron chi connectivity index (χ3n) is 10.6. The fraction of sp³-hybridized carbons (Fsp3) is 0.538. The van der Waals surface area contributed by atoms with E-state index < -0.39 is 11.8 Å². The van der Waals surface area contributed by atoms with Crippen molar-refractivity contribution in [1.82, 2.24) is 4.90 Å². The second-order valence-electron chi connectivity index (χ2n) is 13.8. The van der Waals surface area contributed by atoms with Gasteiger partial charge in [-0.2, -0.15) is 0 Å². The van der Waals surface area contributed by atoms with Gasteiger partial charge >= 0.3 is 0 Å². The highest BCUT2D eigenvalue weighted by Crippen LogP contribution is 2.62. The first kappa shape index (κ1) is 34.2. The molecule has 0 spiro atoms. The molecule has 2 fully saturated rings. The molecule has 4 aliphatic rings. The standard InChI is InChI=1S/C39H50N2O7/c1-3-21-46-39-35(41(2)38(45)27-15-16-27)24-33(40-47-25-26-11-5-4-6-12-26)31-22-28(13-7-9-19-42)30(14-8-10-20-43)36(37(31)39)32-23-29(44)17-18-34(32)48-39/h3-6,11-12,17-18,22-23,27-28,30,35-37,42-44H,1,7-10,13-16,19-21,24-25H2,2H3. The van der Waals surface area contributed by atoms with Gasteiger partial charge in [-0.25, -0.2) is 0 Å². The van der Waals surface area contributed by atoms with Crippen molar-refractivity contribution in [2.24, 2.45) is 28.8 Å². The van der Waals surface area contributed by atoms with E-state index in [1.54, 1.807) is 12.1 Å². The molecular formula is C39H50N2O7. The summed E-state index contributed by atoms with van der Waals surface area (Å²) in [6.45, 7) is 4.74. The third-order valence-corrected chi connectivity index (χ3v) is 10.6. The lowest BCUT2D eigenvalue weighted by Crippen LogP contribution is -2.69. The summed E-state index contributed by atoms with van der Waals surface area (Å²) in [5.74, 6) is -0.637. The molecule has 6 rings (SSSR count). The monoisotopic (exact) mass is 658 g/mol. The second-order valence-corrected chi connectivity index (χ2v) is 13.8. The molecule has 1 aliphatic heterocycles. The van der Waals surface area contributed by atoms with E-state index in [0.717, 1.165) is 60.9 Å². The van der Waals surface area contributed by atoms with Crippen LogP contribution in [0.3, 0.4) is 0 Å². The van der Waals surface area contributed by atoms with E-state index in [1.165, 1.54) is 0 Å². The minimum absolute atomic E-state index is 0.00442. The highest BCUT2D eigenvalue weighted by Gasteiger charge is 2.65. The molecule has 0 saturated heterocycles. The first-order chi connectivity index (χ1) is 23.4. The number of carbonyl (C=O) groups is 1. The summed E-state index contributed by atoms with van der Waals surface area (Å²) in [4.78, 5) is 21.7. The Morgan fingerprint density at radius 1 is 1.08 bits per heavy atom. The number of amides is 1. The number of allylic oxidation sites excluding steroid dienone is 1. The first-order valence-corrected chi connectivity index (χ1v) is 17.6. The van der Waals surface area contributed by atoms with Crippen LogP contribution in [0, 0.1) is 23.7 Å². The van der Waals surface area contributed by atoms with Crippen molar-refractivity contribution in [2.75, 3.05) is 26.9 Å². The number of likely N-dealkylation sites (N-methyl/N-ethyl adjacent to an activating group) is 1. The maximum Gasteiger partial charge on any atom is 0.239 e. The summed E-state index contributed by atoms with van der Waals surface area (Å²) in [6.07, 6.45) is 11.0. The van der Waals surface area contributed by atoms with Crippen molar-refractivity contribution in [3.63, 3.8) is 0 Å². The summed E-state index contributed by atoms with van der Waals surface area (Å²) in [7, 11) is 1.85. The van der Waals surface area contributed by atoms with Gasteiger partial charge in [0.05, 0.1) is 18.2 Å². The lowest BCUT2D eigenvalue weighted by Gasteiger charge is -2.59. The molecular weight excluding hydrogens is 608 g/mol. The van der Waals surface area contributed by atoms with E-state index in [4.69, 9.17) is 19.5 Å². The van der Waals surface area contributed by atoms with Crippen LogP contribution < -0.4 is 4.74 Å². The van der Waals surface area contributed by atoms with Crippen molar-refractivity contribution in [1.29, 1.82) is 0 Å². The van der Waals surface area contributed by atoms with Crippen LogP contribution in [0.25, 0.3) is 0 Å². The van der Waals surface area contributed by atoms with Crippen LogP contribution >= 0.6 is 0 Å². The van der Waals surface area contributed by atoms with Crippen LogP contribution in [0.2, 0.25) is 0 Å². The number of aliphatic hydroxyl groups excluding tert-OH is 2. The average molecular weight is 659 g/mol. The van der Waals surface area contributed by atoms with Crippen LogP contribution in [0.4, 0.5) is 0 Å². The maximum absolute atomic E-state index is 13.8. The minimum Gasteiger partial charge on any atom is -0.508 e. The molecule has 2 aromatic carbocycles. The fourth-order valence-corrected chi connectivity index (χ4v) is 8.27. The molecule has 3 aliphatic carbocycles. The quantitative estimate of drug-likeness (QED) is 0.113. The lowest BCUT2D eigenvalue weighted by atomic mass is 9.55. The predicted octanol–water partition coefficient (Wildman–Crippen LogP) is 6.09. The molecule has 2 saturated carbocycles. The Balaban J connectivity index is 1.53. The van der Waals surface area contributed by atoms with Crippen LogP contribution in [0.15, 0.2) is 78.0 Å². The number of rotatable bonds is 16. The van der Waals surface area contributed by atoms with Crippen molar-refractivity contribution in [3.05, 3.63) is 84.0 Å². The van der Waals surface area contributed by atoms with E-state index in [9.17, 15) is 20.1 Å². The lowest BCUT2D eigenvalue weighted by molar-refractivity contribution is -0.255. The summed E-state index contributed by atoms with van der Waals surface area (Å²) < 4.78 is 13.9. The molecule has 2 aromatic rings. The van der Waals surface area contributed by atoms with E-state index in [2.05, 4.69) is 12.7 Å². The zero-order valence-corrected chi connectivity index (χ0v) is 28.0. The molecule has 48 heavy (non-hydrogen) atoms. The molecule has 0 bridgehead atoms. The predicted molar refractivity (Wildman–Crippen MR) is 183 cm³/mol. The number of oxime groups is 1. The molecule has 1 amide bonds. The summed E-state index contributed by atoms with van der Waals surface area (Å²) >= 11 is 0. The number of phenolic OH excluding ortho intramolecular Hbond substituents is 1. The third kappa shape index (κ3) is 6.91. The Morgan fingerprint density at radius 3 is 2.54 bits per heavy atom. The van der Waals surface area contributed by atoms with Gasteiger partial charge < -0.3 is 34.5 Å². The van der Waals surface area contributed by atoms with Crippen molar-refractivity contribution < 1.29 is 34.4 Å². The molecule has 258 valence electrons. The SMILES string of the molecule is C=CCOC12Oc3ccc(O)cc3C3C(CCCCO)C(CCCCO)C=C(C(=NOCc4ccccc4)CC1N(C)C(=O)C1CC1)C32. The van der Waals surface area contributed by atoms with Crippen LogP contribution in [0.5, 0.6) is 11.5 Å². The number of benzene rings is 2. The Hall–Kier alpha value is -3.66. The number of carbonyl (C=O) groups excluding carboxylic acids is 1. The topological polar surface area (TPSA) is 121 Å². The van der Waals surface area contributed by atoms with E-state index in [1.807, 2.05) is 54.4 Å². The number of unbranched alkanes of at least 4 members (excludes halogenated alkanes) is 2. The van der Waals surface area contributed by atoms with Gasteiger partial charge in [-0.1, -0.05) is 60.5 Å². The number of phenols is 1. The van der Waals surface area contributed by atoms with Crippen LogP contribution in [-0.2, 0) is 21.0 Å². The molecule has 6 atom stereocenters. The van der Waals surface area contributed by atoms with E-state index in [-0.39, 0.29) is 61.1 Å². The number of hydrogen-bond acceptors (Lipinski definition) is 8. The highest BCUT2D eigenvalue weighted by molar-refractivity contribution is 6.03. The normalized spacial score (nSPS) is 28.1. The number of hydrogen-bond donors (Lipinski definition) is 3. The Bertz CT molecular complexity index is 1490. The van der Waals surface area contributed by atoms with E-state index in [0.29, 0.717) is 31.6 Å². The van der Waals surface area contributed by atoms with Gasteiger partial charge in [0.2, 0.25) is 11.7 Å². The zero-order chi connectivity index (χ0) is 33.7. The first-order valence-electron chi connectivity index (χ1n) is 17.6. The molecule has 3 N–H and O–H groups in total. The Morgan fingerprint density at radius 2 is 1.83 bits per heavy atom. The zero-order valence-electron chi connectivity index (χ0n) is 28.0. The summed E-state index contributed by atoms with van der Waals surface area (Å²) in [5.41, 5.74) is 3.67. The van der Waals surface area contributed by atoms with Crippen LogP contribution in [0.1, 0.15) is 74.8 Å². The maximum atomic E-state index is 13.8. The average Bonchev–Trinajstić information content (AvgIpc) is 3.95. The number of fused-ring (bicyclic) bond motifs is 2. The smallest absolute Gasteiger partial charge is 0.239 e. The Kier molecular flexibility index (Phi) is 10.9. The minimum atomic E-state index is -1.25. The van der Waals surface area contributed by atoms with Crippen molar-refractivity contribution >= 4 is 11.6 Å². The van der Waals surface area contributed by atoms with Gasteiger partial charge in [0.1, 0.15) is 24.1 Å². The molecule has 9 nitrogen and oxygen atoms in total. The van der Waals surface area contributed by atoms with Gasteiger partial charge in [0.15, 0.2) is 0 Å². The summed E-state index contributed by atoms with van der Waals surface area (Å²) in [6, 6.07) is 14.7. The van der Waals surface area contributed by atoms with Gasteiger partial charge in [-0.3, -0.25) is 4.79 Å². The van der Waals surface area contributed by atoms with Crippen molar-refractivity contribution in [2.45, 2.75) is 82.1 Å². The number of aromatic hydroxyl groups is 1. The van der Waals surface area contributed by atoms with Gasteiger partial charge in [0, 0.05) is 44.1 Å². The van der Waals surface area contributed by atoms with Gasteiger partial charge in [-0.15, -0.1) is 6.58 Å². The molecule has 0 aromatic heterocycles. The van der Waals surface area contributed by atoms with Crippen LogP contribution in [-0.4, -0.2) is 70.5 Å². The number of aliphatic hydroxyl groups is 2. The fourth-order valence-electron chi connectivity index (χ4n) is 8.27. The van der Waals surface area contributed by atoms with E-state index >= 15 is 0 Å². The molecule has 0 radical (unpaired) electrons. The molecule has 1 heterocycles. The van der Waals surface area contributed by atoms with Crippen molar-refractivity contribution in [3.8, 4) is 11.5 Å². The number of nitrogens with zero attached hydrogens (tertiary/aromatic N) is 2. The molecule has 9 heteroatoms. The second kappa shape index (κ2) is 15.3. The Labute approximate surface area is 283 Å². The summed E-state index contributed by atoms with van der Waals surface area (Å²) in [5, 5.41) is 35.0. The highest BCUT2D eigenvalue weighted by atomic mass is 16.7.